The number of hydrogen-bond donors (Lipinski definition) is 2. The topological polar surface area (TPSA) is 36.4 Å². The zero-order valence-corrected chi connectivity index (χ0v) is 13.6. The Balaban J connectivity index is 2.49. The van der Waals surface area contributed by atoms with Crippen LogP contribution in [0, 0.1) is 11.6 Å². The summed E-state index contributed by atoms with van der Waals surface area (Å²) in [5.74, 6) is 0.644. The fourth-order valence-corrected chi connectivity index (χ4v) is 2.40. The van der Waals surface area contributed by atoms with Gasteiger partial charge in [-0.25, -0.2) is 8.78 Å². The van der Waals surface area contributed by atoms with E-state index in [0.717, 1.165) is 31.2 Å². The summed E-state index contributed by atoms with van der Waals surface area (Å²) in [4.78, 5) is 4.11. The van der Waals surface area contributed by atoms with Gasteiger partial charge in [0, 0.05) is 25.2 Å². The standard InChI is InChI=1S/C15H23F2N3S/c1-11(13-7-6-12(16)10-14(13)17)20-15(18-2)19-8-4-5-9-21-3/h6-7,10-11H,4-5,8-9H2,1-3H3,(H2,18,19,20). The second kappa shape index (κ2) is 9.60. The molecule has 0 amide bonds. The van der Waals surface area contributed by atoms with Crippen LogP contribution in [0.2, 0.25) is 0 Å². The molecule has 0 radical (unpaired) electrons. The lowest BCUT2D eigenvalue weighted by Gasteiger charge is -2.18. The van der Waals surface area contributed by atoms with Gasteiger partial charge in [-0.15, -0.1) is 0 Å². The number of unbranched alkanes of at least 4 members (excludes halogenated alkanes) is 1. The number of nitrogens with one attached hydrogen (secondary N) is 2. The largest absolute Gasteiger partial charge is 0.356 e. The van der Waals surface area contributed by atoms with Crippen molar-refractivity contribution in [2.75, 3.05) is 25.6 Å². The van der Waals surface area contributed by atoms with E-state index in [4.69, 9.17) is 0 Å². The molecule has 1 atom stereocenters. The van der Waals surface area contributed by atoms with Crippen LogP contribution in [0.15, 0.2) is 23.2 Å². The molecule has 2 N–H and O–H groups in total. The Bertz CT molecular complexity index is 466. The number of benzene rings is 1. The number of halogens is 2. The number of hydrogen-bond acceptors (Lipinski definition) is 2. The highest BCUT2D eigenvalue weighted by molar-refractivity contribution is 7.98. The fraction of sp³-hybridized carbons (Fsp3) is 0.533. The number of aliphatic imine (C=N–C) groups is 1. The van der Waals surface area contributed by atoms with E-state index in [0.29, 0.717) is 11.5 Å². The molecule has 21 heavy (non-hydrogen) atoms. The molecule has 1 rings (SSSR count). The third kappa shape index (κ3) is 6.33. The predicted molar refractivity (Wildman–Crippen MR) is 86.9 cm³/mol. The Morgan fingerprint density at radius 2 is 2.10 bits per heavy atom. The molecule has 1 aromatic carbocycles. The van der Waals surface area contributed by atoms with Crippen LogP contribution in [0.3, 0.4) is 0 Å². The van der Waals surface area contributed by atoms with Gasteiger partial charge in [-0.05, 0) is 37.8 Å². The molecule has 0 bridgehead atoms. The van der Waals surface area contributed by atoms with E-state index in [1.54, 1.807) is 7.05 Å². The van der Waals surface area contributed by atoms with Gasteiger partial charge in [-0.3, -0.25) is 4.99 Å². The van der Waals surface area contributed by atoms with E-state index in [-0.39, 0.29) is 6.04 Å². The average Bonchev–Trinajstić information content (AvgIpc) is 2.45. The summed E-state index contributed by atoms with van der Waals surface area (Å²) >= 11 is 1.83. The lowest BCUT2D eigenvalue weighted by Crippen LogP contribution is -2.39. The molecule has 1 aromatic rings. The quantitative estimate of drug-likeness (QED) is 0.460. The van der Waals surface area contributed by atoms with Crippen molar-refractivity contribution in [3.05, 3.63) is 35.4 Å². The first kappa shape index (κ1) is 17.8. The van der Waals surface area contributed by atoms with Gasteiger partial charge in [0.15, 0.2) is 5.96 Å². The molecule has 118 valence electrons. The van der Waals surface area contributed by atoms with Gasteiger partial charge in [-0.2, -0.15) is 11.8 Å². The summed E-state index contributed by atoms with van der Waals surface area (Å²) in [6.07, 6.45) is 4.29. The second-order valence-electron chi connectivity index (χ2n) is 4.73. The minimum absolute atomic E-state index is 0.289. The normalized spacial score (nSPS) is 13.1. The molecular formula is C15H23F2N3S. The van der Waals surface area contributed by atoms with Gasteiger partial charge in [0.2, 0.25) is 0 Å². The highest BCUT2D eigenvalue weighted by Crippen LogP contribution is 2.17. The molecule has 0 saturated heterocycles. The van der Waals surface area contributed by atoms with Gasteiger partial charge >= 0.3 is 0 Å². The summed E-state index contributed by atoms with van der Waals surface area (Å²) in [5, 5.41) is 6.30. The highest BCUT2D eigenvalue weighted by Gasteiger charge is 2.12. The van der Waals surface area contributed by atoms with Crippen LogP contribution < -0.4 is 10.6 Å². The molecule has 6 heteroatoms. The zero-order valence-electron chi connectivity index (χ0n) is 12.7. The highest BCUT2D eigenvalue weighted by atomic mass is 32.2. The molecule has 0 saturated carbocycles. The Morgan fingerprint density at radius 1 is 1.33 bits per heavy atom. The summed E-state index contributed by atoms with van der Waals surface area (Å²) in [7, 11) is 1.67. The summed E-state index contributed by atoms with van der Waals surface area (Å²) in [6, 6.07) is 3.32. The maximum absolute atomic E-state index is 13.7. The van der Waals surface area contributed by atoms with Crippen molar-refractivity contribution in [2.24, 2.45) is 4.99 Å². The number of rotatable bonds is 7. The molecule has 1 unspecified atom stereocenters. The van der Waals surface area contributed by atoms with Crippen LogP contribution in [-0.4, -0.2) is 31.6 Å². The van der Waals surface area contributed by atoms with Crippen LogP contribution in [0.5, 0.6) is 0 Å². The van der Waals surface area contributed by atoms with Crippen molar-refractivity contribution in [3.8, 4) is 0 Å². The summed E-state index contributed by atoms with van der Waals surface area (Å²) in [5.41, 5.74) is 0.418. The SMILES string of the molecule is CN=C(NCCCCSC)NC(C)c1ccc(F)cc1F. The van der Waals surface area contributed by atoms with Gasteiger partial charge in [0.05, 0.1) is 6.04 Å². The Morgan fingerprint density at radius 3 is 2.71 bits per heavy atom. The molecule has 0 aliphatic heterocycles. The maximum Gasteiger partial charge on any atom is 0.191 e. The predicted octanol–water partition coefficient (Wildman–Crippen LogP) is 3.33. The van der Waals surface area contributed by atoms with E-state index >= 15 is 0 Å². The molecule has 0 fully saturated rings. The van der Waals surface area contributed by atoms with Crippen LogP contribution in [0.4, 0.5) is 8.78 Å². The number of nitrogens with zero attached hydrogens (tertiary/aromatic N) is 1. The third-order valence-corrected chi connectivity index (χ3v) is 3.77. The lowest BCUT2D eigenvalue weighted by atomic mass is 10.1. The van der Waals surface area contributed by atoms with E-state index in [9.17, 15) is 8.78 Å². The molecule has 0 aliphatic carbocycles. The van der Waals surface area contributed by atoms with E-state index in [1.807, 2.05) is 18.7 Å². The third-order valence-electron chi connectivity index (χ3n) is 3.07. The van der Waals surface area contributed by atoms with Crippen molar-refractivity contribution < 1.29 is 8.78 Å². The van der Waals surface area contributed by atoms with Crippen molar-refractivity contribution in [2.45, 2.75) is 25.8 Å². The Labute approximate surface area is 129 Å². The van der Waals surface area contributed by atoms with E-state index < -0.39 is 11.6 Å². The van der Waals surface area contributed by atoms with Gasteiger partial charge in [0.1, 0.15) is 11.6 Å². The molecule has 3 nitrogen and oxygen atoms in total. The minimum Gasteiger partial charge on any atom is -0.356 e. The maximum atomic E-state index is 13.7. The first-order valence-corrected chi connectivity index (χ1v) is 8.39. The fourth-order valence-electron chi connectivity index (χ4n) is 1.91. The smallest absolute Gasteiger partial charge is 0.191 e. The lowest BCUT2D eigenvalue weighted by molar-refractivity contribution is 0.550. The van der Waals surface area contributed by atoms with Crippen molar-refractivity contribution in [1.82, 2.24) is 10.6 Å². The van der Waals surface area contributed by atoms with Crippen LogP contribution in [-0.2, 0) is 0 Å². The second-order valence-corrected chi connectivity index (χ2v) is 5.72. The average molecular weight is 315 g/mol. The summed E-state index contributed by atoms with van der Waals surface area (Å²) in [6.45, 7) is 2.63. The van der Waals surface area contributed by atoms with Gasteiger partial charge in [-0.1, -0.05) is 6.07 Å². The van der Waals surface area contributed by atoms with Crippen molar-refractivity contribution >= 4 is 17.7 Å². The minimum atomic E-state index is -0.570. The van der Waals surface area contributed by atoms with E-state index in [1.165, 1.54) is 12.1 Å². The molecular weight excluding hydrogens is 292 g/mol. The monoisotopic (exact) mass is 315 g/mol. The van der Waals surface area contributed by atoms with Crippen molar-refractivity contribution in [1.29, 1.82) is 0 Å². The molecule has 0 aliphatic rings. The first-order chi connectivity index (χ1) is 10.1. The number of thioether (sulfide) groups is 1. The number of guanidine groups is 1. The molecule has 0 spiro atoms. The molecule has 0 aromatic heterocycles. The van der Waals surface area contributed by atoms with Crippen LogP contribution in [0.25, 0.3) is 0 Å². The van der Waals surface area contributed by atoms with Crippen LogP contribution >= 0.6 is 11.8 Å². The zero-order chi connectivity index (χ0) is 15.7. The van der Waals surface area contributed by atoms with Gasteiger partial charge in [0.25, 0.3) is 0 Å². The van der Waals surface area contributed by atoms with Gasteiger partial charge < -0.3 is 10.6 Å². The Hall–Kier alpha value is -1.30. The van der Waals surface area contributed by atoms with Crippen LogP contribution in [0.1, 0.15) is 31.4 Å². The van der Waals surface area contributed by atoms with E-state index in [2.05, 4.69) is 21.9 Å². The molecule has 0 heterocycles. The Kier molecular flexibility index (Phi) is 8.12. The first-order valence-electron chi connectivity index (χ1n) is 6.99. The summed E-state index contributed by atoms with van der Waals surface area (Å²) < 4.78 is 26.6. The van der Waals surface area contributed by atoms with Crippen molar-refractivity contribution in [3.63, 3.8) is 0 Å².